The Labute approximate surface area is 239 Å². The molecule has 0 saturated carbocycles. The topological polar surface area (TPSA) is 49.4 Å². The van der Waals surface area contributed by atoms with E-state index in [1.54, 1.807) is 0 Å². The first kappa shape index (κ1) is 27.9. The Morgan fingerprint density at radius 3 is 2.25 bits per heavy atom. The van der Waals surface area contributed by atoms with Gasteiger partial charge in [0.25, 0.3) is 0 Å². The van der Waals surface area contributed by atoms with Crippen LogP contribution in [0.2, 0.25) is 0 Å². The molecule has 2 atom stereocenters. The van der Waals surface area contributed by atoms with Crippen molar-refractivity contribution in [1.29, 1.82) is 0 Å². The summed E-state index contributed by atoms with van der Waals surface area (Å²) in [6.45, 7) is 10.9. The molecule has 4 heteroatoms. The Morgan fingerprint density at radius 2 is 1.57 bits per heavy atom. The molecule has 0 aromatic heterocycles. The lowest BCUT2D eigenvalue weighted by Gasteiger charge is -2.35. The number of aryl methyl sites for hydroxylation is 1. The number of rotatable bonds is 6. The number of para-hydroxylation sites is 2. The lowest BCUT2D eigenvalue weighted by molar-refractivity contribution is -0.119. The summed E-state index contributed by atoms with van der Waals surface area (Å²) in [6, 6.07) is 24.6. The minimum atomic E-state index is -0.461. The Morgan fingerprint density at radius 1 is 0.900 bits per heavy atom. The predicted molar refractivity (Wildman–Crippen MR) is 165 cm³/mol. The van der Waals surface area contributed by atoms with Crippen LogP contribution in [0.5, 0.6) is 0 Å². The molecular weight excluding hydrogens is 492 g/mol. The minimum Gasteiger partial charge on any atom is -0.357 e. The summed E-state index contributed by atoms with van der Waals surface area (Å²) < 4.78 is 0. The SMILES string of the molecule is CCCCCC(=O)N1c2ccccc2NC2=C(C(=O)C[C@H](c3ccc(C(C)(C)C)cc3)C2)[C@H]1c1ccc(C)cc1. The minimum absolute atomic E-state index is 0.0646. The number of carbonyl (C=O) groups excluding carboxylic acids is 2. The molecule has 1 heterocycles. The van der Waals surface area contributed by atoms with Crippen molar-refractivity contribution < 1.29 is 9.59 Å². The number of ketones is 1. The van der Waals surface area contributed by atoms with Crippen molar-refractivity contribution in [3.8, 4) is 0 Å². The average Bonchev–Trinajstić information content (AvgIpc) is 3.08. The first-order valence-corrected chi connectivity index (χ1v) is 14.8. The third kappa shape index (κ3) is 5.63. The van der Waals surface area contributed by atoms with E-state index in [2.05, 4.69) is 88.5 Å². The number of hydrogen-bond donors (Lipinski definition) is 1. The van der Waals surface area contributed by atoms with Crippen LogP contribution in [-0.2, 0) is 15.0 Å². The van der Waals surface area contributed by atoms with Crippen LogP contribution in [0.15, 0.2) is 84.1 Å². The summed E-state index contributed by atoms with van der Waals surface area (Å²) in [7, 11) is 0. The highest BCUT2D eigenvalue weighted by molar-refractivity contribution is 6.06. The van der Waals surface area contributed by atoms with E-state index in [-0.39, 0.29) is 23.0 Å². The van der Waals surface area contributed by atoms with Crippen molar-refractivity contribution in [3.63, 3.8) is 0 Å². The second kappa shape index (κ2) is 11.4. The van der Waals surface area contributed by atoms with E-state index in [1.807, 2.05) is 29.2 Å². The summed E-state index contributed by atoms with van der Waals surface area (Å²) in [5.74, 6) is 0.267. The molecule has 1 aliphatic heterocycles. The molecule has 0 unspecified atom stereocenters. The molecule has 40 heavy (non-hydrogen) atoms. The van der Waals surface area contributed by atoms with Crippen LogP contribution < -0.4 is 10.2 Å². The second-order valence-electron chi connectivity index (χ2n) is 12.5. The summed E-state index contributed by atoms with van der Waals surface area (Å²) >= 11 is 0. The number of carbonyl (C=O) groups is 2. The molecule has 0 fully saturated rings. The lowest BCUT2D eigenvalue weighted by Crippen LogP contribution is -2.38. The van der Waals surface area contributed by atoms with E-state index < -0.39 is 6.04 Å². The fourth-order valence-electron chi connectivity index (χ4n) is 6.07. The van der Waals surface area contributed by atoms with E-state index in [0.717, 1.165) is 59.5 Å². The zero-order chi connectivity index (χ0) is 28.4. The number of unbranched alkanes of at least 4 members (excludes halogenated alkanes) is 2. The standard InChI is InChI=1S/C36H42N2O2/c1-6-7-8-13-33(40)38-31-12-10-9-11-29(31)37-30-22-27(25-18-20-28(21-19-25)36(3,4)5)23-32(39)34(30)35(38)26-16-14-24(2)15-17-26/h9-12,14-21,27,35,37H,6-8,13,22-23H2,1-5H3/t27-,35-/m1/s1. The van der Waals surface area contributed by atoms with Crippen LogP contribution in [0.3, 0.4) is 0 Å². The molecule has 1 amide bonds. The highest BCUT2D eigenvalue weighted by atomic mass is 16.2. The summed E-state index contributed by atoms with van der Waals surface area (Å²) in [4.78, 5) is 30.1. The van der Waals surface area contributed by atoms with Crippen molar-refractivity contribution in [2.75, 3.05) is 10.2 Å². The molecule has 0 spiro atoms. The first-order valence-electron chi connectivity index (χ1n) is 14.8. The van der Waals surface area contributed by atoms with Crippen molar-refractivity contribution in [2.45, 2.75) is 90.5 Å². The van der Waals surface area contributed by atoms with Gasteiger partial charge in [0.15, 0.2) is 5.78 Å². The number of amides is 1. The van der Waals surface area contributed by atoms with E-state index in [1.165, 1.54) is 11.1 Å². The molecule has 3 aromatic carbocycles. The molecule has 0 radical (unpaired) electrons. The van der Waals surface area contributed by atoms with E-state index in [9.17, 15) is 9.59 Å². The molecule has 4 nitrogen and oxygen atoms in total. The molecule has 0 saturated heterocycles. The van der Waals surface area contributed by atoms with Crippen LogP contribution in [0.25, 0.3) is 0 Å². The van der Waals surface area contributed by atoms with Crippen molar-refractivity contribution in [2.24, 2.45) is 0 Å². The third-order valence-corrected chi connectivity index (χ3v) is 8.39. The van der Waals surface area contributed by atoms with Gasteiger partial charge in [0.2, 0.25) is 5.91 Å². The molecule has 3 aromatic rings. The number of hydrogen-bond acceptors (Lipinski definition) is 3. The highest BCUT2D eigenvalue weighted by Crippen LogP contribution is 2.47. The summed E-state index contributed by atoms with van der Waals surface area (Å²) in [6.07, 6.45) is 4.53. The maximum Gasteiger partial charge on any atom is 0.227 e. The zero-order valence-corrected chi connectivity index (χ0v) is 24.6. The quantitative estimate of drug-likeness (QED) is 0.322. The summed E-state index contributed by atoms with van der Waals surface area (Å²) in [5, 5.41) is 3.66. The van der Waals surface area contributed by atoms with Gasteiger partial charge in [-0.15, -0.1) is 0 Å². The molecule has 2 aliphatic rings. The van der Waals surface area contributed by atoms with Crippen LogP contribution in [0.4, 0.5) is 11.4 Å². The number of benzene rings is 3. The number of nitrogens with one attached hydrogen (secondary N) is 1. The fourth-order valence-corrected chi connectivity index (χ4v) is 6.07. The van der Waals surface area contributed by atoms with Crippen molar-refractivity contribution >= 4 is 23.1 Å². The maximum absolute atomic E-state index is 14.2. The Hall–Kier alpha value is -3.66. The average molecular weight is 535 g/mol. The van der Waals surface area contributed by atoms with Gasteiger partial charge in [0, 0.05) is 24.1 Å². The molecule has 1 aliphatic carbocycles. The van der Waals surface area contributed by atoms with Crippen LogP contribution in [0, 0.1) is 6.92 Å². The van der Waals surface area contributed by atoms with Gasteiger partial charge in [-0.25, -0.2) is 0 Å². The van der Waals surface area contributed by atoms with Crippen LogP contribution >= 0.6 is 0 Å². The highest BCUT2D eigenvalue weighted by Gasteiger charge is 2.41. The largest absolute Gasteiger partial charge is 0.357 e. The van der Waals surface area contributed by atoms with E-state index >= 15 is 0 Å². The number of nitrogens with zero attached hydrogens (tertiary/aromatic N) is 1. The van der Waals surface area contributed by atoms with E-state index in [4.69, 9.17) is 0 Å². The number of allylic oxidation sites excluding steroid dienone is 1. The van der Waals surface area contributed by atoms with E-state index in [0.29, 0.717) is 12.8 Å². The lowest BCUT2D eigenvalue weighted by atomic mass is 9.77. The van der Waals surface area contributed by atoms with Gasteiger partial charge in [-0.05, 0) is 59.9 Å². The van der Waals surface area contributed by atoms with Gasteiger partial charge >= 0.3 is 0 Å². The van der Waals surface area contributed by atoms with Gasteiger partial charge in [-0.1, -0.05) is 107 Å². The first-order chi connectivity index (χ1) is 19.2. The third-order valence-electron chi connectivity index (χ3n) is 8.39. The molecule has 5 rings (SSSR count). The molecule has 1 N–H and O–H groups in total. The second-order valence-corrected chi connectivity index (χ2v) is 12.5. The number of Topliss-reactive ketones (excluding diaryl/α,β-unsaturated/α-hetero) is 1. The van der Waals surface area contributed by atoms with Gasteiger partial charge < -0.3 is 5.32 Å². The molecule has 208 valence electrons. The zero-order valence-electron chi connectivity index (χ0n) is 24.6. The summed E-state index contributed by atoms with van der Waals surface area (Å²) in [5.41, 5.74) is 8.06. The van der Waals surface area contributed by atoms with Gasteiger partial charge in [0.05, 0.1) is 17.4 Å². The van der Waals surface area contributed by atoms with Gasteiger partial charge in [-0.2, -0.15) is 0 Å². The Bertz CT molecular complexity index is 1410. The molecule has 0 bridgehead atoms. The molecular formula is C36H42N2O2. The van der Waals surface area contributed by atoms with Gasteiger partial charge in [-0.3, -0.25) is 14.5 Å². The smallest absolute Gasteiger partial charge is 0.227 e. The van der Waals surface area contributed by atoms with Crippen molar-refractivity contribution in [1.82, 2.24) is 0 Å². The number of fused-ring (bicyclic) bond motifs is 1. The van der Waals surface area contributed by atoms with Gasteiger partial charge in [0.1, 0.15) is 0 Å². The van der Waals surface area contributed by atoms with Crippen molar-refractivity contribution in [3.05, 3.63) is 106 Å². The maximum atomic E-state index is 14.2. The Kier molecular flexibility index (Phi) is 7.98. The Balaban J connectivity index is 1.61. The number of anilines is 2. The fraction of sp³-hybridized carbons (Fsp3) is 0.389. The van der Waals surface area contributed by atoms with Crippen LogP contribution in [0.1, 0.15) is 100 Å². The normalized spacial score (nSPS) is 19.0. The monoisotopic (exact) mass is 534 g/mol. The van der Waals surface area contributed by atoms with Crippen LogP contribution in [-0.4, -0.2) is 11.7 Å². The predicted octanol–water partition coefficient (Wildman–Crippen LogP) is 8.77.